The molecule has 0 bridgehead atoms. The Hall–Kier alpha value is -2.11. The molecule has 0 spiro atoms. The number of nitrogens with one attached hydrogen (secondary N) is 1. The van der Waals surface area contributed by atoms with E-state index in [1.165, 1.54) is 0 Å². The quantitative estimate of drug-likeness (QED) is 0.803. The van der Waals surface area contributed by atoms with E-state index in [2.05, 4.69) is 10.1 Å². The Morgan fingerprint density at radius 2 is 2.00 bits per heavy atom. The van der Waals surface area contributed by atoms with E-state index in [0.717, 1.165) is 16.4 Å². The first-order valence-corrected chi connectivity index (χ1v) is 7.07. The number of aryl methyl sites for hydroxylation is 1. The second-order valence-corrected chi connectivity index (χ2v) is 5.42. The largest absolute Gasteiger partial charge is 0.271 e. The number of aromatic amines is 1. The standard InChI is InChI=1S/C15H13N3OS.ClH/c1-11-16-13(10-20-11)8-7-12-9-18(17-15(12)19)14-5-3-2-4-6-14;/h2-10H,1H3,(H,17,19);1H. The smallest absolute Gasteiger partial charge is 0.267 e. The summed E-state index contributed by atoms with van der Waals surface area (Å²) in [5, 5.41) is 5.78. The molecule has 0 aliphatic carbocycles. The molecule has 0 unspecified atom stereocenters. The van der Waals surface area contributed by atoms with Gasteiger partial charge in [0.15, 0.2) is 0 Å². The zero-order valence-corrected chi connectivity index (χ0v) is 12.9. The van der Waals surface area contributed by atoms with Crippen LogP contribution in [0.15, 0.2) is 46.7 Å². The van der Waals surface area contributed by atoms with E-state index in [9.17, 15) is 4.79 Å². The predicted molar refractivity (Wildman–Crippen MR) is 89.4 cm³/mol. The molecule has 0 amide bonds. The molecule has 0 aliphatic heterocycles. The zero-order valence-electron chi connectivity index (χ0n) is 11.3. The predicted octanol–water partition coefficient (Wildman–Crippen LogP) is 3.52. The van der Waals surface area contributed by atoms with Crippen molar-refractivity contribution >= 4 is 35.9 Å². The molecule has 1 N–H and O–H groups in total. The van der Waals surface area contributed by atoms with Crippen LogP contribution in [0, 0.1) is 6.92 Å². The average molecular weight is 320 g/mol. The lowest BCUT2D eigenvalue weighted by Crippen LogP contribution is -2.04. The van der Waals surface area contributed by atoms with Crippen LogP contribution in [-0.4, -0.2) is 14.8 Å². The summed E-state index contributed by atoms with van der Waals surface area (Å²) in [6.07, 6.45) is 5.42. The second-order valence-electron chi connectivity index (χ2n) is 4.36. The van der Waals surface area contributed by atoms with Crippen molar-refractivity contribution in [3.63, 3.8) is 0 Å². The number of thiazole rings is 1. The monoisotopic (exact) mass is 319 g/mol. The first-order chi connectivity index (χ1) is 9.72. The number of rotatable bonds is 3. The Labute approximate surface area is 132 Å². The van der Waals surface area contributed by atoms with E-state index >= 15 is 0 Å². The third kappa shape index (κ3) is 3.51. The maximum Gasteiger partial charge on any atom is 0.271 e. The Balaban J connectivity index is 0.00000161. The Kier molecular flexibility index (Phi) is 4.77. The van der Waals surface area contributed by atoms with Gasteiger partial charge in [-0.25, -0.2) is 4.98 Å². The van der Waals surface area contributed by atoms with E-state index in [-0.39, 0.29) is 18.0 Å². The number of hydrogen-bond donors (Lipinski definition) is 1. The van der Waals surface area contributed by atoms with Crippen LogP contribution in [0.2, 0.25) is 0 Å². The molecule has 0 atom stereocenters. The molecule has 21 heavy (non-hydrogen) atoms. The van der Waals surface area contributed by atoms with Crippen molar-refractivity contribution in [1.82, 2.24) is 14.8 Å². The van der Waals surface area contributed by atoms with E-state index in [4.69, 9.17) is 0 Å². The lowest BCUT2D eigenvalue weighted by molar-refractivity contribution is 0.864. The number of halogens is 1. The summed E-state index contributed by atoms with van der Waals surface area (Å²) >= 11 is 1.59. The van der Waals surface area contributed by atoms with Crippen LogP contribution in [0.3, 0.4) is 0 Å². The van der Waals surface area contributed by atoms with Gasteiger partial charge in [-0.15, -0.1) is 23.7 Å². The maximum atomic E-state index is 11.9. The van der Waals surface area contributed by atoms with Crippen LogP contribution < -0.4 is 5.56 Å². The fourth-order valence-electron chi connectivity index (χ4n) is 1.88. The van der Waals surface area contributed by atoms with E-state index in [0.29, 0.717) is 5.56 Å². The van der Waals surface area contributed by atoms with Gasteiger partial charge < -0.3 is 0 Å². The number of para-hydroxylation sites is 1. The molecule has 0 fully saturated rings. The molecule has 108 valence electrons. The summed E-state index contributed by atoms with van der Waals surface area (Å²) < 4.78 is 1.72. The zero-order chi connectivity index (χ0) is 13.9. The van der Waals surface area contributed by atoms with Crippen molar-refractivity contribution in [3.05, 3.63) is 68.5 Å². The van der Waals surface area contributed by atoms with Gasteiger partial charge >= 0.3 is 0 Å². The highest BCUT2D eigenvalue weighted by molar-refractivity contribution is 7.09. The molecule has 0 aliphatic rings. The topological polar surface area (TPSA) is 50.7 Å². The third-order valence-electron chi connectivity index (χ3n) is 2.86. The van der Waals surface area contributed by atoms with Gasteiger partial charge in [0.2, 0.25) is 0 Å². The van der Waals surface area contributed by atoms with Crippen molar-refractivity contribution in [2.45, 2.75) is 6.92 Å². The fourth-order valence-corrected chi connectivity index (χ4v) is 2.46. The molecule has 0 saturated carbocycles. The van der Waals surface area contributed by atoms with Crippen molar-refractivity contribution in [1.29, 1.82) is 0 Å². The van der Waals surface area contributed by atoms with Gasteiger partial charge in [-0.2, -0.15) is 0 Å². The molecule has 2 aromatic heterocycles. The summed E-state index contributed by atoms with van der Waals surface area (Å²) in [7, 11) is 0. The first kappa shape index (κ1) is 15.3. The minimum absolute atomic E-state index is 0. The molecule has 3 aromatic rings. The highest BCUT2D eigenvalue weighted by Gasteiger charge is 2.02. The van der Waals surface area contributed by atoms with Crippen LogP contribution in [0.5, 0.6) is 0 Å². The average Bonchev–Trinajstić information content (AvgIpc) is 3.04. The van der Waals surface area contributed by atoms with Crippen LogP contribution in [0.25, 0.3) is 17.8 Å². The van der Waals surface area contributed by atoms with Crippen molar-refractivity contribution in [3.8, 4) is 5.69 Å². The first-order valence-electron chi connectivity index (χ1n) is 6.20. The van der Waals surface area contributed by atoms with Crippen LogP contribution in [0.1, 0.15) is 16.3 Å². The number of benzene rings is 1. The van der Waals surface area contributed by atoms with E-state index in [1.54, 1.807) is 28.3 Å². The minimum Gasteiger partial charge on any atom is -0.267 e. The highest BCUT2D eigenvalue weighted by Crippen LogP contribution is 2.11. The lowest BCUT2D eigenvalue weighted by atomic mass is 10.3. The van der Waals surface area contributed by atoms with Gasteiger partial charge in [0.05, 0.1) is 22.0 Å². The lowest BCUT2D eigenvalue weighted by Gasteiger charge is -1.99. The van der Waals surface area contributed by atoms with Crippen LogP contribution in [-0.2, 0) is 0 Å². The third-order valence-corrected chi connectivity index (χ3v) is 3.65. The van der Waals surface area contributed by atoms with Crippen molar-refractivity contribution < 1.29 is 0 Å². The number of aromatic nitrogens is 3. The van der Waals surface area contributed by atoms with Crippen molar-refractivity contribution in [2.24, 2.45) is 0 Å². The summed E-state index contributed by atoms with van der Waals surface area (Å²) in [5.41, 5.74) is 2.30. The Bertz CT molecular complexity index is 802. The van der Waals surface area contributed by atoms with Crippen molar-refractivity contribution in [2.75, 3.05) is 0 Å². The Morgan fingerprint density at radius 3 is 2.67 bits per heavy atom. The summed E-state index contributed by atoms with van der Waals surface area (Å²) in [6, 6.07) is 9.68. The number of hydrogen-bond acceptors (Lipinski definition) is 3. The SMILES string of the molecule is Cc1nc(C=Cc2cn(-c3ccccc3)[nH]c2=O)cs1.Cl. The molecule has 3 rings (SSSR count). The summed E-state index contributed by atoms with van der Waals surface area (Å²) in [5.74, 6) is 0. The normalized spacial score (nSPS) is 10.7. The molecule has 0 saturated heterocycles. The molecule has 6 heteroatoms. The fraction of sp³-hybridized carbons (Fsp3) is 0.0667. The number of H-pyrrole nitrogens is 1. The molecule has 4 nitrogen and oxygen atoms in total. The summed E-state index contributed by atoms with van der Waals surface area (Å²) in [4.78, 5) is 16.2. The molecular formula is C15H14ClN3OS. The van der Waals surface area contributed by atoms with Gasteiger partial charge in [-0.05, 0) is 31.2 Å². The minimum atomic E-state index is -0.114. The highest BCUT2D eigenvalue weighted by atomic mass is 35.5. The van der Waals surface area contributed by atoms with Gasteiger partial charge in [0.25, 0.3) is 5.56 Å². The van der Waals surface area contributed by atoms with Gasteiger partial charge in [-0.3, -0.25) is 14.6 Å². The van der Waals surface area contributed by atoms with Gasteiger partial charge in [-0.1, -0.05) is 18.2 Å². The maximum absolute atomic E-state index is 11.9. The van der Waals surface area contributed by atoms with Gasteiger partial charge in [0.1, 0.15) is 0 Å². The Morgan fingerprint density at radius 1 is 1.24 bits per heavy atom. The van der Waals surface area contributed by atoms with Crippen LogP contribution >= 0.6 is 23.7 Å². The van der Waals surface area contributed by atoms with Crippen LogP contribution in [0.4, 0.5) is 0 Å². The molecule has 2 heterocycles. The molecular weight excluding hydrogens is 306 g/mol. The molecule has 0 radical (unpaired) electrons. The number of nitrogens with zero attached hydrogens (tertiary/aromatic N) is 2. The summed E-state index contributed by atoms with van der Waals surface area (Å²) in [6.45, 7) is 1.96. The van der Waals surface area contributed by atoms with E-state index in [1.807, 2.05) is 48.7 Å². The second kappa shape index (κ2) is 6.56. The van der Waals surface area contributed by atoms with Gasteiger partial charge in [0, 0.05) is 11.6 Å². The molecule has 1 aromatic carbocycles. The van der Waals surface area contributed by atoms with E-state index < -0.39 is 0 Å².